The zero-order chi connectivity index (χ0) is 23.9. The molecular formula is C25H30N6O3. The number of rotatable bonds is 6. The van der Waals surface area contributed by atoms with E-state index in [9.17, 15) is 4.79 Å². The first-order chi connectivity index (χ1) is 16.4. The van der Waals surface area contributed by atoms with Crippen LogP contribution in [-0.2, 0) is 22.4 Å². The largest absolute Gasteiger partial charge is 0.494 e. The minimum atomic E-state index is -0.679. The molecule has 1 fully saturated rings. The van der Waals surface area contributed by atoms with Crippen LogP contribution in [0, 0.1) is 12.8 Å². The Bertz CT molecular complexity index is 1230. The number of anilines is 3. The summed E-state index contributed by atoms with van der Waals surface area (Å²) in [5.74, 6) is 2.45. The van der Waals surface area contributed by atoms with Gasteiger partial charge in [-0.3, -0.25) is 4.79 Å². The van der Waals surface area contributed by atoms with Crippen LogP contribution in [0.15, 0.2) is 30.7 Å². The minimum absolute atomic E-state index is 0.155. The first-order valence-corrected chi connectivity index (χ1v) is 11.6. The van der Waals surface area contributed by atoms with Crippen LogP contribution in [0.25, 0.3) is 5.69 Å². The molecule has 0 aliphatic carbocycles. The third-order valence-corrected chi connectivity index (χ3v) is 6.37. The number of methoxy groups -OCH3 is 1. The number of aryl methyl sites for hydroxylation is 1. The second kappa shape index (κ2) is 8.72. The van der Waals surface area contributed by atoms with Gasteiger partial charge < -0.3 is 24.7 Å². The maximum atomic E-state index is 13.0. The summed E-state index contributed by atoms with van der Waals surface area (Å²) >= 11 is 0. The van der Waals surface area contributed by atoms with E-state index in [0.717, 1.165) is 40.6 Å². The summed E-state index contributed by atoms with van der Waals surface area (Å²) in [6, 6.07) is 5.84. The highest BCUT2D eigenvalue weighted by Crippen LogP contribution is 2.36. The molecule has 5 rings (SSSR count). The highest BCUT2D eigenvalue weighted by atomic mass is 16.5. The van der Waals surface area contributed by atoms with Crippen molar-refractivity contribution in [1.29, 1.82) is 0 Å². The van der Waals surface area contributed by atoms with Gasteiger partial charge in [0.25, 0.3) is 0 Å². The van der Waals surface area contributed by atoms with E-state index in [1.807, 2.05) is 35.9 Å². The standard InChI is InChI=1S/C25H30N6O3/c1-15(2)9-19-18-11-22(32)25(7-8-34-13-25)30-23(18)29-24(28-19)27-17-5-6-20(21(10-17)33-4)31-12-16(3)26-14-31/h5-6,10,12,14-15H,7-9,11,13H2,1-4H3,(H2,27,28,29,30). The van der Waals surface area contributed by atoms with Crippen molar-refractivity contribution in [3.8, 4) is 11.4 Å². The van der Waals surface area contributed by atoms with Gasteiger partial charge in [-0.2, -0.15) is 4.98 Å². The molecule has 1 unspecified atom stereocenters. The molecule has 1 spiro atoms. The molecule has 4 heterocycles. The number of carbonyl (C=O) groups excluding carboxylic acids is 1. The van der Waals surface area contributed by atoms with Crippen molar-refractivity contribution in [2.24, 2.45) is 5.92 Å². The molecule has 9 heteroatoms. The summed E-state index contributed by atoms with van der Waals surface area (Å²) in [7, 11) is 1.65. The van der Waals surface area contributed by atoms with Crippen LogP contribution >= 0.6 is 0 Å². The van der Waals surface area contributed by atoms with Crippen molar-refractivity contribution in [2.75, 3.05) is 31.0 Å². The van der Waals surface area contributed by atoms with E-state index in [1.165, 1.54) is 0 Å². The van der Waals surface area contributed by atoms with Gasteiger partial charge in [0.2, 0.25) is 5.95 Å². The number of aromatic nitrogens is 4. The average molecular weight is 463 g/mol. The average Bonchev–Trinajstić information content (AvgIpc) is 3.44. The molecule has 2 N–H and O–H groups in total. The number of benzene rings is 1. The van der Waals surface area contributed by atoms with Crippen LogP contribution in [0.3, 0.4) is 0 Å². The molecule has 9 nitrogen and oxygen atoms in total. The number of fused-ring (bicyclic) bond motifs is 1. The lowest BCUT2D eigenvalue weighted by Crippen LogP contribution is -2.51. The molecule has 0 bridgehead atoms. The Hall–Kier alpha value is -3.46. The number of ketones is 1. The predicted molar refractivity (Wildman–Crippen MR) is 129 cm³/mol. The maximum Gasteiger partial charge on any atom is 0.229 e. The number of Topliss-reactive ketones (excluding diaryl/α,β-unsaturated/α-hetero) is 1. The van der Waals surface area contributed by atoms with Crippen LogP contribution in [-0.4, -0.2) is 51.2 Å². The molecule has 0 radical (unpaired) electrons. The second-order valence-electron chi connectivity index (χ2n) is 9.46. The highest BCUT2D eigenvalue weighted by molar-refractivity contribution is 5.97. The topological polar surface area (TPSA) is 103 Å². The number of nitrogens with one attached hydrogen (secondary N) is 2. The molecule has 0 amide bonds. The molecular weight excluding hydrogens is 432 g/mol. The van der Waals surface area contributed by atoms with Crippen LogP contribution in [0.2, 0.25) is 0 Å². The SMILES string of the molecule is COc1cc(Nc2nc(CC(C)C)c3c(n2)NC2(CCOC2)C(=O)C3)ccc1-n1cnc(C)c1. The summed E-state index contributed by atoms with van der Waals surface area (Å²) < 4.78 is 13.1. The molecule has 3 aromatic rings. The number of nitrogens with zero attached hydrogens (tertiary/aromatic N) is 4. The molecule has 2 aromatic heterocycles. The summed E-state index contributed by atoms with van der Waals surface area (Å²) in [6.45, 7) is 7.20. The molecule has 178 valence electrons. The lowest BCUT2D eigenvalue weighted by Gasteiger charge is -2.34. The number of hydrogen-bond donors (Lipinski definition) is 2. The lowest BCUT2D eigenvalue weighted by molar-refractivity contribution is -0.123. The van der Waals surface area contributed by atoms with Crippen LogP contribution in [0.4, 0.5) is 17.5 Å². The molecule has 0 saturated carbocycles. The van der Waals surface area contributed by atoms with E-state index in [4.69, 9.17) is 19.4 Å². The van der Waals surface area contributed by atoms with E-state index in [-0.39, 0.29) is 5.78 Å². The Morgan fingerprint density at radius 1 is 1.32 bits per heavy atom. The molecule has 1 aromatic carbocycles. The third-order valence-electron chi connectivity index (χ3n) is 6.37. The Kier molecular flexibility index (Phi) is 5.73. The predicted octanol–water partition coefficient (Wildman–Crippen LogP) is 3.62. The summed E-state index contributed by atoms with van der Waals surface area (Å²) in [5, 5.41) is 6.75. The lowest BCUT2D eigenvalue weighted by atomic mass is 9.84. The second-order valence-corrected chi connectivity index (χ2v) is 9.46. The van der Waals surface area contributed by atoms with E-state index >= 15 is 0 Å². The minimum Gasteiger partial charge on any atom is -0.494 e. The summed E-state index contributed by atoms with van der Waals surface area (Å²) in [6.07, 6.45) is 5.47. The van der Waals surface area contributed by atoms with Crippen molar-refractivity contribution in [3.63, 3.8) is 0 Å². The van der Waals surface area contributed by atoms with Crippen molar-refractivity contribution in [3.05, 3.63) is 47.7 Å². The van der Waals surface area contributed by atoms with Gasteiger partial charge in [-0.25, -0.2) is 9.97 Å². The van der Waals surface area contributed by atoms with Gasteiger partial charge >= 0.3 is 0 Å². The number of ether oxygens (including phenoxy) is 2. The molecule has 2 aliphatic heterocycles. The monoisotopic (exact) mass is 462 g/mol. The Labute approximate surface area is 198 Å². The third kappa shape index (κ3) is 4.11. The fourth-order valence-corrected chi connectivity index (χ4v) is 4.59. The fraction of sp³-hybridized carbons (Fsp3) is 0.440. The summed E-state index contributed by atoms with van der Waals surface area (Å²) in [5.41, 5.74) is 3.74. The zero-order valence-electron chi connectivity index (χ0n) is 20.0. The van der Waals surface area contributed by atoms with Crippen LogP contribution < -0.4 is 15.4 Å². The van der Waals surface area contributed by atoms with Crippen molar-refractivity contribution < 1.29 is 14.3 Å². The summed E-state index contributed by atoms with van der Waals surface area (Å²) in [4.78, 5) is 26.9. The van der Waals surface area contributed by atoms with Crippen molar-refractivity contribution >= 4 is 23.2 Å². The van der Waals surface area contributed by atoms with Gasteiger partial charge in [-0.1, -0.05) is 13.8 Å². The maximum absolute atomic E-state index is 13.0. The van der Waals surface area contributed by atoms with Gasteiger partial charge in [-0.05, 0) is 31.4 Å². The number of imidazole rings is 1. The fourth-order valence-electron chi connectivity index (χ4n) is 4.59. The number of carbonyl (C=O) groups is 1. The van der Waals surface area contributed by atoms with E-state index < -0.39 is 5.54 Å². The Morgan fingerprint density at radius 2 is 2.18 bits per heavy atom. The normalized spacial score (nSPS) is 19.4. The molecule has 34 heavy (non-hydrogen) atoms. The van der Waals surface area contributed by atoms with Gasteiger partial charge in [0.05, 0.1) is 37.1 Å². The van der Waals surface area contributed by atoms with Crippen molar-refractivity contribution in [2.45, 2.75) is 45.6 Å². The van der Waals surface area contributed by atoms with Crippen molar-refractivity contribution in [1.82, 2.24) is 19.5 Å². The van der Waals surface area contributed by atoms with Gasteiger partial charge in [0, 0.05) is 43.0 Å². The van der Waals surface area contributed by atoms with Crippen LogP contribution in [0.1, 0.15) is 37.2 Å². The molecule has 2 aliphatic rings. The van der Waals surface area contributed by atoms with Gasteiger partial charge in [-0.15, -0.1) is 0 Å². The first-order valence-electron chi connectivity index (χ1n) is 11.6. The quantitative estimate of drug-likeness (QED) is 0.573. The Morgan fingerprint density at radius 3 is 2.85 bits per heavy atom. The van der Waals surface area contributed by atoms with E-state index in [2.05, 4.69) is 29.5 Å². The van der Waals surface area contributed by atoms with Crippen LogP contribution in [0.5, 0.6) is 5.75 Å². The van der Waals surface area contributed by atoms with E-state index in [1.54, 1.807) is 13.4 Å². The molecule has 1 atom stereocenters. The van der Waals surface area contributed by atoms with Gasteiger partial charge in [0.15, 0.2) is 5.78 Å². The highest BCUT2D eigenvalue weighted by Gasteiger charge is 2.46. The Balaban J connectivity index is 1.49. The molecule has 1 saturated heterocycles. The first kappa shape index (κ1) is 22.3. The number of hydrogen-bond acceptors (Lipinski definition) is 8. The smallest absolute Gasteiger partial charge is 0.229 e. The zero-order valence-corrected chi connectivity index (χ0v) is 20.0. The van der Waals surface area contributed by atoms with Gasteiger partial charge in [0.1, 0.15) is 17.1 Å². The van der Waals surface area contributed by atoms with E-state index in [0.29, 0.717) is 43.7 Å².